The van der Waals surface area contributed by atoms with E-state index < -0.39 is 0 Å². The fourth-order valence-corrected chi connectivity index (χ4v) is 4.26. The lowest BCUT2D eigenvalue weighted by Crippen LogP contribution is -2.50. The molecular weight excluding hydrogens is 380 g/mol. The highest BCUT2D eigenvalue weighted by Gasteiger charge is 2.30. The average molecular weight is 400 g/mol. The summed E-state index contributed by atoms with van der Waals surface area (Å²) in [6, 6.07) is 3.77. The Morgan fingerprint density at radius 1 is 1.07 bits per heavy atom. The van der Waals surface area contributed by atoms with Crippen molar-refractivity contribution < 1.29 is 14.0 Å². The Bertz CT molecular complexity index is 1130. The number of thiophene rings is 1. The molecular formula is C19H20N4O4S. The normalized spacial score (nSPS) is 14.7. The molecule has 0 atom stereocenters. The highest BCUT2D eigenvalue weighted by atomic mass is 32.1. The number of fused-ring (bicyclic) bond motifs is 1. The number of hydrogen-bond acceptors (Lipinski definition) is 6. The van der Waals surface area contributed by atoms with Gasteiger partial charge in [0.2, 0.25) is 5.71 Å². The van der Waals surface area contributed by atoms with Crippen molar-refractivity contribution in [3.05, 3.63) is 49.9 Å². The van der Waals surface area contributed by atoms with Crippen molar-refractivity contribution in [1.82, 2.24) is 19.4 Å². The molecule has 1 aliphatic heterocycles. The van der Waals surface area contributed by atoms with Crippen molar-refractivity contribution in [2.24, 2.45) is 7.05 Å². The maximum Gasteiger partial charge on any atom is 0.265 e. The highest BCUT2D eigenvalue weighted by Crippen LogP contribution is 2.24. The molecule has 0 aromatic carbocycles. The molecule has 0 saturated carbocycles. The number of nitrogens with zero attached hydrogens (tertiary/aromatic N) is 4. The van der Waals surface area contributed by atoms with Crippen LogP contribution in [0.5, 0.6) is 0 Å². The standard InChI is InChI=1S/C19H20N4O4S/c1-11-4-5-13(28-11)17(24)22-6-8-23(9-7-22)19(26)14-12(2)27-16-15(14)18(25)21(3)10-20-16/h4-5,10H,6-9H2,1-3H3. The van der Waals surface area contributed by atoms with E-state index in [1.165, 1.54) is 22.2 Å². The molecule has 4 heterocycles. The molecule has 0 bridgehead atoms. The first-order chi connectivity index (χ1) is 13.4. The quantitative estimate of drug-likeness (QED) is 0.655. The summed E-state index contributed by atoms with van der Waals surface area (Å²) in [7, 11) is 1.59. The Balaban J connectivity index is 1.54. The Morgan fingerprint density at radius 2 is 1.71 bits per heavy atom. The molecule has 2 amide bonds. The van der Waals surface area contributed by atoms with Crippen LogP contribution in [0.25, 0.3) is 11.1 Å². The summed E-state index contributed by atoms with van der Waals surface area (Å²) in [6.07, 6.45) is 1.37. The third kappa shape index (κ3) is 3.01. The number of amides is 2. The zero-order valence-electron chi connectivity index (χ0n) is 15.9. The lowest BCUT2D eigenvalue weighted by Gasteiger charge is -2.34. The van der Waals surface area contributed by atoms with E-state index in [-0.39, 0.29) is 34.0 Å². The first kappa shape index (κ1) is 18.4. The van der Waals surface area contributed by atoms with Gasteiger partial charge in [0.05, 0.1) is 10.4 Å². The second-order valence-electron chi connectivity index (χ2n) is 6.87. The average Bonchev–Trinajstić information content (AvgIpc) is 3.27. The van der Waals surface area contributed by atoms with Crippen LogP contribution in [0.2, 0.25) is 0 Å². The van der Waals surface area contributed by atoms with Crippen LogP contribution in [0.3, 0.4) is 0 Å². The molecule has 3 aromatic heterocycles. The first-order valence-corrected chi connectivity index (χ1v) is 9.78. The molecule has 0 radical (unpaired) electrons. The fourth-order valence-electron chi connectivity index (χ4n) is 3.42. The fraction of sp³-hybridized carbons (Fsp3) is 0.368. The third-order valence-corrected chi connectivity index (χ3v) is 5.96. The van der Waals surface area contributed by atoms with Crippen LogP contribution in [0.15, 0.2) is 27.7 Å². The van der Waals surface area contributed by atoms with Gasteiger partial charge in [-0.3, -0.25) is 14.4 Å². The lowest BCUT2D eigenvalue weighted by atomic mass is 10.1. The zero-order chi connectivity index (χ0) is 20.0. The van der Waals surface area contributed by atoms with E-state index in [9.17, 15) is 14.4 Å². The number of carbonyl (C=O) groups excluding carboxylic acids is 2. The molecule has 0 aliphatic carbocycles. The van der Waals surface area contributed by atoms with E-state index >= 15 is 0 Å². The van der Waals surface area contributed by atoms with E-state index in [0.29, 0.717) is 36.8 Å². The minimum atomic E-state index is -0.313. The SMILES string of the molecule is Cc1ccc(C(=O)N2CCN(C(=O)c3c(C)oc4ncn(C)c(=O)c34)CC2)s1. The van der Waals surface area contributed by atoms with Crippen LogP contribution in [-0.2, 0) is 7.05 Å². The topological polar surface area (TPSA) is 88.7 Å². The van der Waals surface area contributed by atoms with E-state index in [1.54, 1.807) is 23.8 Å². The maximum atomic E-state index is 13.1. The largest absolute Gasteiger partial charge is 0.442 e. The summed E-state index contributed by atoms with van der Waals surface area (Å²) >= 11 is 1.47. The van der Waals surface area contributed by atoms with Crippen LogP contribution in [0.1, 0.15) is 30.7 Å². The second-order valence-corrected chi connectivity index (χ2v) is 8.16. The van der Waals surface area contributed by atoms with Gasteiger partial charge in [0.1, 0.15) is 17.5 Å². The molecule has 1 fully saturated rings. The van der Waals surface area contributed by atoms with Gasteiger partial charge in [-0.05, 0) is 26.0 Å². The number of carbonyl (C=O) groups is 2. The van der Waals surface area contributed by atoms with Gasteiger partial charge in [0.15, 0.2) is 0 Å². The Hall–Kier alpha value is -2.94. The van der Waals surface area contributed by atoms with Gasteiger partial charge in [-0.1, -0.05) is 0 Å². The number of piperazine rings is 1. The number of hydrogen-bond donors (Lipinski definition) is 0. The first-order valence-electron chi connectivity index (χ1n) is 8.96. The Labute approximate surface area is 165 Å². The smallest absolute Gasteiger partial charge is 0.265 e. The van der Waals surface area contributed by atoms with Gasteiger partial charge in [-0.15, -0.1) is 11.3 Å². The summed E-state index contributed by atoms with van der Waals surface area (Å²) < 4.78 is 6.86. The molecule has 1 aliphatic rings. The van der Waals surface area contributed by atoms with E-state index in [2.05, 4.69) is 4.98 Å². The molecule has 8 nitrogen and oxygen atoms in total. The summed E-state index contributed by atoms with van der Waals surface area (Å²) in [4.78, 5) is 47.5. The molecule has 0 unspecified atom stereocenters. The highest BCUT2D eigenvalue weighted by molar-refractivity contribution is 7.13. The summed E-state index contributed by atoms with van der Waals surface area (Å²) in [5.41, 5.74) is 0.121. The van der Waals surface area contributed by atoms with Gasteiger partial charge >= 0.3 is 0 Å². The predicted molar refractivity (Wildman–Crippen MR) is 105 cm³/mol. The zero-order valence-corrected chi connectivity index (χ0v) is 16.7. The molecule has 146 valence electrons. The van der Waals surface area contributed by atoms with Crippen molar-refractivity contribution >= 4 is 34.3 Å². The summed E-state index contributed by atoms with van der Waals surface area (Å²) in [6.45, 7) is 5.34. The Kier molecular flexibility index (Phi) is 4.54. The van der Waals surface area contributed by atoms with Gasteiger partial charge in [-0.25, -0.2) is 4.98 Å². The molecule has 9 heteroatoms. The lowest BCUT2D eigenvalue weighted by molar-refractivity contribution is 0.0538. The molecule has 4 rings (SSSR count). The van der Waals surface area contributed by atoms with Crippen LogP contribution in [0, 0.1) is 13.8 Å². The number of aromatic nitrogens is 2. The van der Waals surface area contributed by atoms with Crippen molar-refractivity contribution in [3.63, 3.8) is 0 Å². The van der Waals surface area contributed by atoms with Crippen LogP contribution < -0.4 is 5.56 Å². The molecule has 1 saturated heterocycles. The van der Waals surface area contributed by atoms with Crippen molar-refractivity contribution in [2.45, 2.75) is 13.8 Å². The van der Waals surface area contributed by atoms with Crippen molar-refractivity contribution in [2.75, 3.05) is 26.2 Å². The van der Waals surface area contributed by atoms with Gasteiger partial charge in [0, 0.05) is 38.1 Å². The van der Waals surface area contributed by atoms with Gasteiger partial charge in [-0.2, -0.15) is 0 Å². The minimum absolute atomic E-state index is 0.00629. The monoisotopic (exact) mass is 400 g/mol. The van der Waals surface area contributed by atoms with Crippen molar-refractivity contribution in [1.29, 1.82) is 0 Å². The van der Waals surface area contributed by atoms with E-state index in [1.807, 2.05) is 19.1 Å². The van der Waals surface area contributed by atoms with Crippen molar-refractivity contribution in [3.8, 4) is 0 Å². The number of furan rings is 1. The van der Waals surface area contributed by atoms with Gasteiger partial charge < -0.3 is 18.8 Å². The molecule has 0 N–H and O–H groups in total. The van der Waals surface area contributed by atoms with E-state index in [4.69, 9.17) is 4.42 Å². The minimum Gasteiger partial charge on any atom is -0.442 e. The molecule has 28 heavy (non-hydrogen) atoms. The predicted octanol–water partition coefficient (Wildman–Crippen LogP) is 1.80. The number of aryl methyl sites for hydroxylation is 3. The molecule has 0 spiro atoms. The van der Waals surface area contributed by atoms with Crippen LogP contribution in [0.4, 0.5) is 0 Å². The summed E-state index contributed by atoms with van der Waals surface area (Å²) in [5.74, 6) is 0.108. The number of rotatable bonds is 2. The maximum absolute atomic E-state index is 13.1. The van der Waals surface area contributed by atoms with Crippen LogP contribution >= 0.6 is 11.3 Å². The van der Waals surface area contributed by atoms with Crippen LogP contribution in [-0.4, -0.2) is 57.3 Å². The Morgan fingerprint density at radius 3 is 2.32 bits per heavy atom. The van der Waals surface area contributed by atoms with E-state index in [0.717, 1.165) is 4.88 Å². The van der Waals surface area contributed by atoms with Gasteiger partial charge in [0.25, 0.3) is 17.4 Å². The third-order valence-electron chi connectivity index (χ3n) is 4.97. The molecule has 3 aromatic rings. The summed E-state index contributed by atoms with van der Waals surface area (Å²) in [5, 5.41) is 0.208. The second kappa shape index (κ2) is 6.90.